The minimum absolute atomic E-state index is 0.130. The van der Waals surface area contributed by atoms with Crippen molar-refractivity contribution in [2.45, 2.75) is 26.3 Å². The number of carbonyl (C=O) groups is 1. The van der Waals surface area contributed by atoms with Crippen LogP contribution >= 0.6 is 0 Å². The quantitative estimate of drug-likeness (QED) is 0.644. The van der Waals surface area contributed by atoms with Crippen LogP contribution in [0.2, 0.25) is 0 Å². The molecule has 1 aliphatic rings. The van der Waals surface area contributed by atoms with Crippen LogP contribution in [-0.2, 0) is 6.42 Å². The second kappa shape index (κ2) is 7.23. The molecule has 2 aromatic carbocycles. The van der Waals surface area contributed by atoms with Gasteiger partial charge in [0.15, 0.2) is 11.5 Å². The summed E-state index contributed by atoms with van der Waals surface area (Å²) in [6, 6.07) is 13.6. The summed E-state index contributed by atoms with van der Waals surface area (Å²) in [5.41, 5.74) is 4.50. The van der Waals surface area contributed by atoms with Crippen LogP contribution in [0.1, 0.15) is 29.8 Å². The van der Waals surface area contributed by atoms with Crippen molar-refractivity contribution >= 4 is 16.9 Å². The van der Waals surface area contributed by atoms with Crippen molar-refractivity contribution in [3.63, 3.8) is 0 Å². The zero-order chi connectivity index (χ0) is 18.8. The summed E-state index contributed by atoms with van der Waals surface area (Å²) in [7, 11) is 0. The second-order valence-corrected chi connectivity index (χ2v) is 6.76. The van der Waals surface area contributed by atoms with Gasteiger partial charge in [0.1, 0.15) is 0 Å². The highest BCUT2D eigenvalue weighted by molar-refractivity contribution is 5.84. The Morgan fingerprint density at radius 2 is 2.00 bits per heavy atom. The first kappa shape index (κ1) is 17.3. The van der Waals surface area contributed by atoms with E-state index in [1.807, 2.05) is 37.3 Å². The van der Waals surface area contributed by atoms with Crippen molar-refractivity contribution in [2.24, 2.45) is 0 Å². The molecule has 6 heteroatoms. The monoisotopic (exact) mass is 365 g/mol. The van der Waals surface area contributed by atoms with Gasteiger partial charge in [-0.05, 0) is 49.6 Å². The number of H-pyrrole nitrogens is 1. The summed E-state index contributed by atoms with van der Waals surface area (Å²) in [4.78, 5) is 15.6. The SMILES string of the molecule is Cc1[nH]c2ccccc2c1CCNC(=O)NC(C)c1ccc2c(c1)OCO2. The molecule has 0 spiro atoms. The summed E-state index contributed by atoms with van der Waals surface area (Å²) in [6.07, 6.45) is 0.779. The number of ether oxygens (including phenoxy) is 2. The zero-order valence-corrected chi connectivity index (χ0v) is 15.5. The highest BCUT2D eigenvalue weighted by Gasteiger charge is 2.17. The Morgan fingerprint density at radius 3 is 2.89 bits per heavy atom. The predicted octanol–water partition coefficient (Wildman–Crippen LogP) is 3.81. The van der Waals surface area contributed by atoms with E-state index in [4.69, 9.17) is 9.47 Å². The smallest absolute Gasteiger partial charge is 0.315 e. The Labute approximate surface area is 157 Å². The van der Waals surface area contributed by atoms with Crippen LogP contribution in [0.15, 0.2) is 42.5 Å². The number of fused-ring (bicyclic) bond motifs is 2. The first-order valence-corrected chi connectivity index (χ1v) is 9.12. The lowest BCUT2D eigenvalue weighted by Gasteiger charge is -2.15. The number of amides is 2. The molecule has 3 N–H and O–H groups in total. The average molecular weight is 365 g/mol. The number of aromatic amines is 1. The molecular formula is C21H23N3O3. The number of hydrogen-bond donors (Lipinski definition) is 3. The van der Waals surface area contributed by atoms with E-state index >= 15 is 0 Å². The molecule has 27 heavy (non-hydrogen) atoms. The number of benzene rings is 2. The third kappa shape index (κ3) is 3.56. The molecule has 2 amide bonds. The van der Waals surface area contributed by atoms with E-state index in [1.54, 1.807) is 0 Å². The molecule has 0 saturated heterocycles. The molecule has 0 saturated carbocycles. The van der Waals surface area contributed by atoms with Crippen molar-refractivity contribution in [1.29, 1.82) is 0 Å². The highest BCUT2D eigenvalue weighted by atomic mass is 16.7. The topological polar surface area (TPSA) is 75.4 Å². The van der Waals surface area contributed by atoms with Crippen molar-refractivity contribution in [3.05, 3.63) is 59.3 Å². The minimum Gasteiger partial charge on any atom is -0.454 e. The van der Waals surface area contributed by atoms with Crippen molar-refractivity contribution < 1.29 is 14.3 Å². The van der Waals surface area contributed by atoms with Crippen molar-refractivity contribution in [3.8, 4) is 11.5 Å². The van der Waals surface area contributed by atoms with Gasteiger partial charge in [-0.3, -0.25) is 0 Å². The van der Waals surface area contributed by atoms with Crippen LogP contribution in [0.4, 0.5) is 4.79 Å². The summed E-state index contributed by atoms with van der Waals surface area (Å²) in [5, 5.41) is 7.12. The van der Waals surface area contributed by atoms with Crippen molar-refractivity contribution in [1.82, 2.24) is 15.6 Å². The van der Waals surface area contributed by atoms with Gasteiger partial charge in [0.25, 0.3) is 0 Å². The largest absolute Gasteiger partial charge is 0.454 e. The van der Waals surface area contributed by atoms with E-state index in [0.717, 1.165) is 34.7 Å². The maximum atomic E-state index is 12.3. The first-order valence-electron chi connectivity index (χ1n) is 9.12. The molecule has 140 valence electrons. The molecule has 4 rings (SSSR count). The molecule has 1 atom stereocenters. The normalized spacial score (nSPS) is 13.6. The molecule has 1 aromatic heterocycles. The van der Waals surface area contributed by atoms with E-state index in [-0.39, 0.29) is 18.9 Å². The maximum Gasteiger partial charge on any atom is 0.315 e. The predicted molar refractivity (Wildman–Crippen MR) is 104 cm³/mol. The van der Waals surface area contributed by atoms with Gasteiger partial charge >= 0.3 is 6.03 Å². The fourth-order valence-corrected chi connectivity index (χ4v) is 3.47. The summed E-state index contributed by atoms with van der Waals surface area (Å²) < 4.78 is 10.7. The van der Waals surface area contributed by atoms with Gasteiger partial charge in [-0.15, -0.1) is 0 Å². The van der Waals surface area contributed by atoms with E-state index in [9.17, 15) is 4.79 Å². The summed E-state index contributed by atoms with van der Waals surface area (Å²) in [6.45, 7) is 4.83. The Morgan fingerprint density at radius 1 is 1.19 bits per heavy atom. The fraction of sp³-hybridized carbons (Fsp3) is 0.286. The number of carbonyl (C=O) groups excluding carboxylic acids is 1. The van der Waals surface area contributed by atoms with Crippen molar-refractivity contribution in [2.75, 3.05) is 13.3 Å². The number of urea groups is 1. The van der Waals surface area contributed by atoms with Crippen LogP contribution in [0.5, 0.6) is 11.5 Å². The molecule has 0 fully saturated rings. The number of aromatic nitrogens is 1. The lowest BCUT2D eigenvalue weighted by Crippen LogP contribution is -2.38. The average Bonchev–Trinajstić information content (AvgIpc) is 3.25. The van der Waals surface area contributed by atoms with E-state index in [0.29, 0.717) is 6.54 Å². The molecule has 0 radical (unpaired) electrons. The Bertz CT molecular complexity index is 980. The first-order chi connectivity index (χ1) is 13.1. The maximum absolute atomic E-state index is 12.3. The molecule has 1 unspecified atom stereocenters. The molecule has 0 bridgehead atoms. The van der Waals surface area contributed by atoms with Gasteiger partial charge in [0.05, 0.1) is 6.04 Å². The Hall–Kier alpha value is -3.15. The number of aryl methyl sites for hydroxylation is 1. The van der Waals surface area contributed by atoms with Gasteiger partial charge in [0.2, 0.25) is 6.79 Å². The Kier molecular flexibility index (Phi) is 4.62. The summed E-state index contributed by atoms with van der Waals surface area (Å²) in [5.74, 6) is 1.46. The van der Waals surface area contributed by atoms with Gasteiger partial charge in [-0.1, -0.05) is 24.3 Å². The molecule has 1 aliphatic heterocycles. The fourth-order valence-electron chi connectivity index (χ4n) is 3.47. The molecule has 0 aliphatic carbocycles. The zero-order valence-electron chi connectivity index (χ0n) is 15.5. The third-order valence-corrected chi connectivity index (χ3v) is 4.93. The molecule has 3 aromatic rings. The lowest BCUT2D eigenvalue weighted by molar-refractivity contribution is 0.174. The standard InChI is InChI=1S/C21H23N3O3/c1-13(15-7-8-19-20(11-15)27-12-26-19)24-21(25)22-10-9-16-14(2)23-18-6-4-3-5-17(16)18/h3-8,11,13,23H,9-10,12H2,1-2H3,(H2,22,24,25). The van der Waals surface area contributed by atoms with Crippen LogP contribution in [0.25, 0.3) is 10.9 Å². The van der Waals surface area contributed by atoms with Crippen LogP contribution in [-0.4, -0.2) is 24.4 Å². The molecule has 2 heterocycles. The van der Waals surface area contributed by atoms with E-state index in [1.165, 1.54) is 10.9 Å². The summed E-state index contributed by atoms with van der Waals surface area (Å²) >= 11 is 0. The van der Waals surface area contributed by atoms with Gasteiger partial charge in [-0.2, -0.15) is 0 Å². The van der Waals surface area contributed by atoms with E-state index < -0.39 is 0 Å². The van der Waals surface area contributed by atoms with Crippen LogP contribution < -0.4 is 20.1 Å². The van der Waals surface area contributed by atoms with E-state index in [2.05, 4.69) is 34.7 Å². The molecule has 6 nitrogen and oxygen atoms in total. The number of hydrogen-bond acceptors (Lipinski definition) is 3. The number of nitrogens with one attached hydrogen (secondary N) is 3. The molecular weight excluding hydrogens is 342 g/mol. The van der Waals surface area contributed by atoms with Gasteiger partial charge in [-0.25, -0.2) is 4.79 Å². The number of para-hydroxylation sites is 1. The lowest BCUT2D eigenvalue weighted by atomic mass is 10.1. The van der Waals surface area contributed by atoms with Crippen LogP contribution in [0, 0.1) is 6.92 Å². The number of rotatable bonds is 5. The van der Waals surface area contributed by atoms with Gasteiger partial charge in [0, 0.05) is 23.1 Å². The van der Waals surface area contributed by atoms with Crippen LogP contribution in [0.3, 0.4) is 0 Å². The minimum atomic E-state index is -0.183. The third-order valence-electron chi connectivity index (χ3n) is 4.93. The highest BCUT2D eigenvalue weighted by Crippen LogP contribution is 2.34. The van der Waals surface area contributed by atoms with Gasteiger partial charge < -0.3 is 25.1 Å². The second-order valence-electron chi connectivity index (χ2n) is 6.76. The Balaban J connectivity index is 1.32.